The van der Waals surface area contributed by atoms with E-state index in [1.54, 1.807) is 6.92 Å². The lowest BCUT2D eigenvalue weighted by molar-refractivity contribution is -0.166. The molecule has 122 valence electrons. The zero-order chi connectivity index (χ0) is 16.1. The molecule has 0 unspecified atom stereocenters. The van der Waals surface area contributed by atoms with Crippen LogP contribution in [0.1, 0.15) is 45.4 Å². The van der Waals surface area contributed by atoms with Gasteiger partial charge in [0, 0.05) is 6.54 Å². The summed E-state index contributed by atoms with van der Waals surface area (Å²) in [7, 11) is 0. The highest BCUT2D eigenvalue weighted by Crippen LogP contribution is 2.39. The number of oxime groups is 1. The van der Waals surface area contributed by atoms with Gasteiger partial charge in [-0.15, -0.1) is 0 Å². The van der Waals surface area contributed by atoms with Crippen molar-refractivity contribution in [2.75, 3.05) is 13.1 Å². The van der Waals surface area contributed by atoms with E-state index in [-0.39, 0.29) is 12.4 Å². The lowest BCUT2D eigenvalue weighted by atomic mass is 9.72. The predicted molar refractivity (Wildman–Crippen MR) is 71.9 cm³/mol. The zero-order valence-corrected chi connectivity index (χ0v) is 12.1. The van der Waals surface area contributed by atoms with Crippen molar-refractivity contribution >= 4 is 11.7 Å². The molecular weight excluding hydrogens is 287 g/mol. The van der Waals surface area contributed by atoms with Gasteiger partial charge in [0.25, 0.3) is 0 Å². The molecular formula is C13H22F3N3O2. The molecule has 1 aliphatic carbocycles. The summed E-state index contributed by atoms with van der Waals surface area (Å²) < 4.78 is 38.0. The summed E-state index contributed by atoms with van der Waals surface area (Å²) in [5, 5.41) is 11.8. The van der Waals surface area contributed by atoms with E-state index in [4.69, 9.17) is 10.9 Å². The molecule has 0 atom stereocenters. The molecule has 0 saturated heterocycles. The zero-order valence-electron chi connectivity index (χ0n) is 12.1. The highest BCUT2D eigenvalue weighted by Gasteiger charge is 2.47. The fourth-order valence-electron chi connectivity index (χ4n) is 2.87. The third kappa shape index (κ3) is 4.25. The first-order valence-corrected chi connectivity index (χ1v) is 7.11. The van der Waals surface area contributed by atoms with Crippen LogP contribution >= 0.6 is 0 Å². The number of halogens is 3. The molecule has 0 bridgehead atoms. The topological polar surface area (TPSA) is 78.9 Å². The quantitative estimate of drug-likeness (QED) is 0.354. The van der Waals surface area contributed by atoms with Crippen LogP contribution < -0.4 is 5.73 Å². The molecule has 0 radical (unpaired) electrons. The molecule has 0 aromatic heterocycles. The van der Waals surface area contributed by atoms with Crippen molar-refractivity contribution in [2.24, 2.45) is 16.3 Å². The van der Waals surface area contributed by atoms with Crippen LogP contribution in [0.5, 0.6) is 0 Å². The molecule has 0 aromatic rings. The minimum Gasteiger partial charge on any atom is -0.409 e. The van der Waals surface area contributed by atoms with Crippen molar-refractivity contribution in [3.8, 4) is 0 Å². The van der Waals surface area contributed by atoms with Crippen molar-refractivity contribution in [3.63, 3.8) is 0 Å². The van der Waals surface area contributed by atoms with Crippen molar-refractivity contribution < 1.29 is 23.2 Å². The van der Waals surface area contributed by atoms with E-state index >= 15 is 0 Å². The number of rotatable bonds is 5. The number of amides is 1. The lowest BCUT2D eigenvalue weighted by Crippen LogP contribution is -2.54. The van der Waals surface area contributed by atoms with E-state index in [0.29, 0.717) is 32.1 Å². The monoisotopic (exact) mass is 309 g/mol. The van der Waals surface area contributed by atoms with Crippen molar-refractivity contribution in [3.05, 3.63) is 0 Å². The van der Waals surface area contributed by atoms with Crippen molar-refractivity contribution in [1.29, 1.82) is 0 Å². The molecule has 0 aromatic carbocycles. The summed E-state index contributed by atoms with van der Waals surface area (Å²) in [5.74, 6) is -0.966. The third-order valence-electron chi connectivity index (χ3n) is 3.87. The van der Waals surface area contributed by atoms with Crippen LogP contribution in [0.25, 0.3) is 0 Å². The number of amidine groups is 1. The molecule has 8 heteroatoms. The summed E-state index contributed by atoms with van der Waals surface area (Å²) in [6.45, 7) is 0.395. The molecule has 1 fully saturated rings. The summed E-state index contributed by atoms with van der Waals surface area (Å²) in [6, 6.07) is 0. The van der Waals surface area contributed by atoms with Gasteiger partial charge in [0.15, 0.2) is 5.84 Å². The Morgan fingerprint density at radius 1 is 1.33 bits per heavy atom. The second kappa shape index (κ2) is 7.00. The summed E-state index contributed by atoms with van der Waals surface area (Å²) in [5.41, 5.74) is 4.35. The van der Waals surface area contributed by atoms with Gasteiger partial charge in [0.1, 0.15) is 12.0 Å². The van der Waals surface area contributed by atoms with Crippen LogP contribution in [0.2, 0.25) is 0 Å². The van der Waals surface area contributed by atoms with Gasteiger partial charge < -0.3 is 15.8 Å². The summed E-state index contributed by atoms with van der Waals surface area (Å²) in [6.07, 6.45) is -1.18. The fraction of sp³-hybridized carbons (Fsp3) is 0.846. The fourth-order valence-corrected chi connectivity index (χ4v) is 2.87. The molecule has 5 nitrogen and oxygen atoms in total. The molecule has 1 aliphatic rings. The Kier molecular flexibility index (Phi) is 5.86. The molecule has 1 saturated carbocycles. The predicted octanol–water partition coefficient (Wildman–Crippen LogP) is 2.48. The smallest absolute Gasteiger partial charge is 0.406 e. The lowest BCUT2D eigenvalue weighted by Gasteiger charge is -2.38. The Bertz CT molecular complexity index is 391. The molecule has 1 rings (SSSR count). The first-order chi connectivity index (χ1) is 9.77. The highest BCUT2D eigenvalue weighted by molar-refractivity contribution is 6.06. The average Bonchev–Trinajstić information content (AvgIpc) is 2.44. The Hall–Kier alpha value is -1.47. The van der Waals surface area contributed by atoms with Gasteiger partial charge in [-0.3, -0.25) is 4.79 Å². The molecule has 0 heterocycles. The number of alkyl halides is 3. The van der Waals surface area contributed by atoms with Gasteiger partial charge in [-0.25, -0.2) is 0 Å². The minimum atomic E-state index is -4.47. The second-order valence-corrected chi connectivity index (χ2v) is 5.47. The van der Waals surface area contributed by atoms with E-state index in [1.807, 2.05) is 0 Å². The summed E-state index contributed by atoms with van der Waals surface area (Å²) in [4.78, 5) is 13.4. The van der Waals surface area contributed by atoms with E-state index < -0.39 is 24.0 Å². The van der Waals surface area contributed by atoms with Gasteiger partial charge in [-0.1, -0.05) is 31.3 Å². The largest absolute Gasteiger partial charge is 0.409 e. The van der Waals surface area contributed by atoms with E-state index in [2.05, 4.69) is 5.16 Å². The highest BCUT2D eigenvalue weighted by atomic mass is 19.4. The second-order valence-electron chi connectivity index (χ2n) is 5.47. The van der Waals surface area contributed by atoms with Gasteiger partial charge in [0.05, 0.1) is 0 Å². The van der Waals surface area contributed by atoms with Crippen LogP contribution in [0.15, 0.2) is 5.16 Å². The third-order valence-corrected chi connectivity index (χ3v) is 3.87. The first kappa shape index (κ1) is 17.6. The maximum Gasteiger partial charge on any atom is 0.406 e. The Morgan fingerprint density at radius 3 is 2.33 bits per heavy atom. The van der Waals surface area contributed by atoms with E-state index in [9.17, 15) is 18.0 Å². The number of hydrogen-bond donors (Lipinski definition) is 2. The Labute approximate surface area is 122 Å². The maximum atomic E-state index is 12.7. The normalized spacial score (nSPS) is 19.3. The number of nitrogens with zero attached hydrogens (tertiary/aromatic N) is 2. The SMILES string of the molecule is CCCN(CC(F)(F)F)C(=O)C1(C(N)=NO)CCCCC1. The van der Waals surface area contributed by atoms with Gasteiger partial charge in [-0.2, -0.15) is 13.2 Å². The first-order valence-electron chi connectivity index (χ1n) is 7.11. The number of hydrogen-bond acceptors (Lipinski definition) is 3. The summed E-state index contributed by atoms with van der Waals surface area (Å²) >= 11 is 0. The van der Waals surface area contributed by atoms with Crippen LogP contribution in [0, 0.1) is 5.41 Å². The maximum absolute atomic E-state index is 12.7. The molecule has 0 spiro atoms. The standard InChI is InChI=1S/C13H22F3N3O2/c1-2-8-19(9-13(14,15)16)11(20)12(10(17)18-21)6-4-3-5-7-12/h21H,2-9H2,1H3,(H2,17,18). The van der Waals surface area contributed by atoms with Crippen molar-refractivity contribution in [2.45, 2.75) is 51.6 Å². The van der Waals surface area contributed by atoms with Crippen LogP contribution in [-0.2, 0) is 4.79 Å². The molecule has 3 N–H and O–H groups in total. The van der Waals surface area contributed by atoms with Crippen LogP contribution in [0.4, 0.5) is 13.2 Å². The molecule has 0 aliphatic heterocycles. The number of carbonyl (C=O) groups excluding carboxylic acids is 1. The number of nitrogens with two attached hydrogens (primary N) is 1. The van der Waals surface area contributed by atoms with E-state index in [0.717, 1.165) is 11.3 Å². The van der Waals surface area contributed by atoms with Crippen LogP contribution in [0.3, 0.4) is 0 Å². The van der Waals surface area contributed by atoms with Gasteiger partial charge in [0.2, 0.25) is 5.91 Å². The Morgan fingerprint density at radius 2 is 1.90 bits per heavy atom. The average molecular weight is 309 g/mol. The van der Waals surface area contributed by atoms with Gasteiger partial charge >= 0.3 is 6.18 Å². The minimum absolute atomic E-state index is 0.00119. The van der Waals surface area contributed by atoms with E-state index in [1.165, 1.54) is 0 Å². The molecule has 21 heavy (non-hydrogen) atoms. The molecule has 1 amide bonds. The van der Waals surface area contributed by atoms with Gasteiger partial charge in [-0.05, 0) is 19.3 Å². The Balaban J connectivity index is 3.06. The van der Waals surface area contributed by atoms with Crippen molar-refractivity contribution in [1.82, 2.24) is 4.90 Å². The van der Waals surface area contributed by atoms with Crippen LogP contribution in [-0.4, -0.2) is 41.1 Å². The number of carbonyl (C=O) groups is 1.